The van der Waals surface area contributed by atoms with E-state index in [0.29, 0.717) is 11.4 Å². The standard InChI is InChI=1S/C37H29N3O6S2/c41-47(42,43)35-12-6-4-10-33(35)39-31-22-16-27(17-23-31)37(26-14-20-30(21-15-26)38-29-8-2-1-3-9-29)28-18-24-32(25-19-28)40-34-11-5-7-13-36(34)48(44,45)46/h1-25,39-40H,(H,41,42,43)(H,44,45,46). The van der Waals surface area contributed by atoms with Gasteiger partial charge in [-0.15, -0.1) is 0 Å². The molecule has 0 amide bonds. The van der Waals surface area contributed by atoms with Crippen molar-refractivity contribution >= 4 is 60.0 Å². The fraction of sp³-hybridized carbons (Fsp3) is 0. The molecular formula is C37H29N3O6S2. The third-order valence-corrected chi connectivity index (χ3v) is 9.23. The lowest BCUT2D eigenvalue weighted by atomic mass is 9.90. The number of anilines is 4. The topological polar surface area (TPSA) is 145 Å². The highest BCUT2D eigenvalue weighted by molar-refractivity contribution is 7.86. The molecule has 0 aromatic heterocycles. The Hall–Kier alpha value is -5.59. The Morgan fingerprint density at radius 3 is 1.35 bits per heavy atom. The van der Waals surface area contributed by atoms with Gasteiger partial charge in [-0.1, -0.05) is 78.9 Å². The van der Waals surface area contributed by atoms with E-state index in [9.17, 15) is 25.9 Å². The first-order valence-electron chi connectivity index (χ1n) is 14.7. The number of nitrogens with zero attached hydrogens (tertiary/aromatic N) is 1. The predicted molar refractivity (Wildman–Crippen MR) is 190 cm³/mol. The van der Waals surface area contributed by atoms with Gasteiger partial charge < -0.3 is 10.6 Å². The van der Waals surface area contributed by atoms with Crippen LogP contribution >= 0.6 is 0 Å². The molecule has 0 aliphatic heterocycles. The van der Waals surface area contributed by atoms with Crippen LogP contribution in [0.15, 0.2) is 172 Å². The van der Waals surface area contributed by atoms with Gasteiger partial charge in [-0.05, 0) is 95.1 Å². The van der Waals surface area contributed by atoms with Gasteiger partial charge in [0.15, 0.2) is 0 Å². The third kappa shape index (κ3) is 7.68. The molecule has 0 bridgehead atoms. The number of benzene rings is 5. The van der Waals surface area contributed by atoms with Crippen LogP contribution in [0.2, 0.25) is 0 Å². The zero-order valence-corrected chi connectivity index (χ0v) is 26.9. The SMILES string of the molecule is O=S(=O)(O)c1ccccc1Nc1ccc(C(=C2C=CC(=Nc3ccccc3)C=C2)c2ccc(Nc3ccccc3S(=O)(=O)O)cc2)cc1. The van der Waals surface area contributed by atoms with Gasteiger partial charge in [0.2, 0.25) is 0 Å². The number of aliphatic imine (C=N–C) groups is 1. The van der Waals surface area contributed by atoms with Crippen LogP contribution in [0.4, 0.5) is 28.4 Å². The molecule has 0 saturated heterocycles. The van der Waals surface area contributed by atoms with Crippen molar-refractivity contribution in [3.63, 3.8) is 0 Å². The van der Waals surface area contributed by atoms with Gasteiger partial charge in [-0.25, -0.2) is 4.99 Å². The molecule has 5 aromatic carbocycles. The molecule has 0 heterocycles. The minimum absolute atomic E-state index is 0.227. The maximum absolute atomic E-state index is 11.9. The maximum Gasteiger partial charge on any atom is 0.296 e. The first kappa shape index (κ1) is 32.4. The van der Waals surface area contributed by atoms with Crippen LogP contribution in [0.1, 0.15) is 11.1 Å². The molecule has 4 N–H and O–H groups in total. The summed E-state index contributed by atoms with van der Waals surface area (Å²) in [6, 6.07) is 36.7. The van der Waals surface area contributed by atoms with Crippen molar-refractivity contribution in [2.75, 3.05) is 10.6 Å². The monoisotopic (exact) mass is 675 g/mol. The molecule has 0 radical (unpaired) electrons. The summed E-state index contributed by atoms with van der Waals surface area (Å²) in [6.07, 6.45) is 7.85. The molecule has 9 nitrogen and oxygen atoms in total. The summed E-state index contributed by atoms with van der Waals surface area (Å²) in [5, 5.41) is 6.14. The Balaban J connectivity index is 1.35. The molecule has 11 heteroatoms. The minimum atomic E-state index is -4.43. The van der Waals surface area contributed by atoms with Crippen LogP contribution in [0, 0.1) is 0 Å². The van der Waals surface area contributed by atoms with E-state index in [2.05, 4.69) is 10.6 Å². The van der Waals surface area contributed by atoms with E-state index in [1.165, 1.54) is 24.3 Å². The largest absolute Gasteiger partial charge is 0.354 e. The summed E-state index contributed by atoms with van der Waals surface area (Å²) in [4.78, 5) is 4.24. The van der Waals surface area contributed by atoms with Crippen LogP contribution in [0.5, 0.6) is 0 Å². The fourth-order valence-electron chi connectivity index (χ4n) is 5.20. The van der Waals surface area contributed by atoms with Gasteiger partial charge in [0.25, 0.3) is 20.2 Å². The van der Waals surface area contributed by atoms with Crippen molar-refractivity contribution in [3.8, 4) is 0 Å². The summed E-state index contributed by atoms with van der Waals surface area (Å²) in [5.74, 6) is 0. The molecule has 1 aliphatic rings. The summed E-state index contributed by atoms with van der Waals surface area (Å²) in [7, 11) is -8.85. The van der Waals surface area contributed by atoms with Gasteiger partial charge in [0, 0.05) is 11.4 Å². The average molecular weight is 676 g/mol. The van der Waals surface area contributed by atoms with Crippen molar-refractivity contribution in [2.24, 2.45) is 4.99 Å². The first-order valence-corrected chi connectivity index (χ1v) is 17.5. The molecule has 0 unspecified atom stereocenters. The van der Waals surface area contributed by atoms with Crippen molar-refractivity contribution in [2.45, 2.75) is 9.79 Å². The summed E-state index contributed by atoms with van der Waals surface area (Å²) >= 11 is 0. The third-order valence-electron chi connectivity index (χ3n) is 7.41. The van der Waals surface area contributed by atoms with Crippen molar-refractivity contribution < 1.29 is 25.9 Å². The van der Waals surface area contributed by atoms with E-state index in [0.717, 1.165) is 33.7 Å². The Morgan fingerprint density at radius 2 is 0.917 bits per heavy atom. The Bertz CT molecular complexity index is 2170. The second-order valence-electron chi connectivity index (χ2n) is 10.7. The molecule has 0 fully saturated rings. The lowest BCUT2D eigenvalue weighted by Crippen LogP contribution is -2.03. The molecule has 48 heavy (non-hydrogen) atoms. The smallest absolute Gasteiger partial charge is 0.296 e. The number of hydrogen-bond donors (Lipinski definition) is 4. The van der Waals surface area contributed by atoms with Crippen LogP contribution in [0.25, 0.3) is 5.57 Å². The molecule has 0 spiro atoms. The van der Waals surface area contributed by atoms with Crippen LogP contribution in [0.3, 0.4) is 0 Å². The fourth-order valence-corrected chi connectivity index (χ4v) is 6.49. The molecule has 0 saturated carbocycles. The van der Waals surface area contributed by atoms with Gasteiger partial charge in [-0.3, -0.25) is 9.11 Å². The van der Waals surface area contributed by atoms with Gasteiger partial charge in [0.1, 0.15) is 9.79 Å². The number of para-hydroxylation sites is 3. The molecule has 240 valence electrons. The normalized spacial score (nSPS) is 12.9. The summed E-state index contributed by atoms with van der Waals surface area (Å²) in [6.45, 7) is 0. The van der Waals surface area contributed by atoms with E-state index in [4.69, 9.17) is 4.99 Å². The average Bonchev–Trinajstić information content (AvgIpc) is 3.07. The number of nitrogens with one attached hydrogen (secondary N) is 2. The highest BCUT2D eigenvalue weighted by Crippen LogP contribution is 2.33. The molecule has 1 aliphatic carbocycles. The van der Waals surface area contributed by atoms with Crippen LogP contribution in [-0.4, -0.2) is 31.7 Å². The van der Waals surface area contributed by atoms with Crippen molar-refractivity contribution in [1.82, 2.24) is 0 Å². The van der Waals surface area contributed by atoms with Crippen LogP contribution < -0.4 is 10.6 Å². The van der Waals surface area contributed by atoms with E-state index >= 15 is 0 Å². The van der Waals surface area contributed by atoms with Gasteiger partial charge in [0.05, 0.1) is 22.8 Å². The van der Waals surface area contributed by atoms with E-state index in [-0.39, 0.29) is 21.2 Å². The second-order valence-corrected chi connectivity index (χ2v) is 13.5. The Labute approximate surface area is 278 Å². The minimum Gasteiger partial charge on any atom is -0.354 e. The zero-order chi connectivity index (χ0) is 33.7. The lowest BCUT2D eigenvalue weighted by molar-refractivity contribution is 0.481. The zero-order valence-electron chi connectivity index (χ0n) is 25.2. The molecular weight excluding hydrogens is 647 g/mol. The van der Waals surface area contributed by atoms with E-state index < -0.39 is 20.2 Å². The van der Waals surface area contributed by atoms with E-state index in [1.807, 2.05) is 103 Å². The predicted octanol–water partition coefficient (Wildman–Crippen LogP) is 8.37. The molecule has 6 rings (SSSR count). The van der Waals surface area contributed by atoms with Gasteiger partial charge >= 0.3 is 0 Å². The summed E-state index contributed by atoms with van der Waals surface area (Å²) in [5.41, 5.74) is 6.90. The van der Waals surface area contributed by atoms with E-state index in [1.54, 1.807) is 24.3 Å². The summed E-state index contributed by atoms with van der Waals surface area (Å²) < 4.78 is 66.8. The molecule has 5 aromatic rings. The van der Waals surface area contributed by atoms with Crippen LogP contribution in [-0.2, 0) is 20.2 Å². The lowest BCUT2D eigenvalue weighted by Gasteiger charge is -2.16. The second kappa shape index (κ2) is 13.6. The highest BCUT2D eigenvalue weighted by Gasteiger charge is 2.17. The number of allylic oxidation sites excluding steroid dienone is 5. The quantitative estimate of drug-likeness (QED) is 0.114. The number of hydrogen-bond acceptors (Lipinski definition) is 7. The maximum atomic E-state index is 11.9. The van der Waals surface area contributed by atoms with Crippen molar-refractivity contribution in [1.29, 1.82) is 0 Å². The molecule has 0 atom stereocenters. The van der Waals surface area contributed by atoms with Crippen molar-refractivity contribution in [3.05, 3.63) is 168 Å². The Morgan fingerprint density at radius 1 is 0.500 bits per heavy atom. The first-order chi connectivity index (χ1) is 23.0. The van der Waals surface area contributed by atoms with Gasteiger partial charge in [-0.2, -0.15) is 16.8 Å². The number of rotatable bonds is 9. The Kier molecular flexibility index (Phi) is 9.19. The highest BCUT2D eigenvalue weighted by atomic mass is 32.2.